The Morgan fingerprint density at radius 1 is 1.00 bits per heavy atom. The van der Waals surface area contributed by atoms with Gasteiger partial charge in [0.1, 0.15) is 5.75 Å². The molecule has 0 unspecified atom stereocenters. The van der Waals surface area contributed by atoms with E-state index in [1.165, 1.54) is 12.1 Å². The first-order chi connectivity index (χ1) is 12.2. The van der Waals surface area contributed by atoms with Crippen LogP contribution >= 0.6 is 12.4 Å². The molecule has 2 aromatic carbocycles. The Morgan fingerprint density at radius 2 is 1.69 bits per heavy atom. The molecule has 0 aliphatic heterocycles. The monoisotopic (exact) mass is 376 g/mol. The topological polar surface area (TPSA) is 34.2 Å². The fraction of sp³-hybridized carbons (Fsp3) is 0.150. The summed E-state index contributed by atoms with van der Waals surface area (Å²) in [6.07, 6.45) is 3.93. The van der Waals surface area contributed by atoms with E-state index in [-0.39, 0.29) is 18.4 Å². The van der Waals surface area contributed by atoms with Crippen molar-refractivity contribution < 1.29 is 13.5 Å². The van der Waals surface area contributed by atoms with Crippen molar-refractivity contribution >= 4 is 18.1 Å². The molecule has 1 atom stereocenters. The van der Waals surface area contributed by atoms with E-state index < -0.39 is 17.4 Å². The Hall–Kier alpha value is -2.66. The molecule has 0 aliphatic rings. The van der Waals surface area contributed by atoms with Gasteiger partial charge in [0, 0.05) is 23.6 Å². The highest BCUT2D eigenvalue weighted by Gasteiger charge is 2.21. The Bertz CT molecular complexity index is 832. The number of anilines is 1. The maximum absolute atomic E-state index is 14.9. The first-order valence-corrected chi connectivity index (χ1v) is 8.06. The molecule has 136 valence electrons. The molecule has 1 aromatic heterocycles. The molecule has 0 saturated heterocycles. The standard InChI is InChI=1S/C20H18F2N2O.ClH/c1-2-18(24-14-10-12-23-13-11-14)16-8-9-17(21)20(19(16)22)25-15-6-4-3-5-7-15;/h3-13,18H,2H2,1H3,(H,23,24);1H/t18-;/m0./s1. The van der Waals surface area contributed by atoms with Crippen LogP contribution in [0.25, 0.3) is 0 Å². The van der Waals surface area contributed by atoms with Crippen molar-refractivity contribution in [3.05, 3.63) is 84.2 Å². The highest BCUT2D eigenvalue weighted by atomic mass is 35.5. The molecule has 0 spiro atoms. The SMILES string of the molecule is CC[C@H](Nc1ccncc1)c1ccc(F)c(Oc2ccccc2)c1F.Cl. The lowest BCUT2D eigenvalue weighted by atomic mass is 10.0. The van der Waals surface area contributed by atoms with Crippen molar-refractivity contribution in [1.82, 2.24) is 4.98 Å². The third-order valence-electron chi connectivity index (χ3n) is 3.85. The highest BCUT2D eigenvalue weighted by Crippen LogP contribution is 2.34. The zero-order valence-corrected chi connectivity index (χ0v) is 15.0. The molecule has 0 bridgehead atoms. The maximum Gasteiger partial charge on any atom is 0.198 e. The average Bonchev–Trinajstić information content (AvgIpc) is 2.65. The smallest absolute Gasteiger partial charge is 0.198 e. The normalized spacial score (nSPS) is 11.3. The summed E-state index contributed by atoms with van der Waals surface area (Å²) in [7, 11) is 0. The molecule has 0 radical (unpaired) electrons. The minimum Gasteiger partial charge on any atom is -0.451 e. The number of hydrogen-bond acceptors (Lipinski definition) is 3. The Labute approximate surface area is 157 Å². The van der Waals surface area contributed by atoms with Gasteiger partial charge in [0.25, 0.3) is 0 Å². The quantitative estimate of drug-likeness (QED) is 0.561. The summed E-state index contributed by atoms with van der Waals surface area (Å²) in [5.41, 5.74) is 1.17. The third-order valence-corrected chi connectivity index (χ3v) is 3.85. The lowest BCUT2D eigenvalue weighted by Crippen LogP contribution is -2.12. The van der Waals surface area contributed by atoms with Gasteiger partial charge in [-0.25, -0.2) is 8.78 Å². The van der Waals surface area contributed by atoms with E-state index in [0.29, 0.717) is 17.7 Å². The van der Waals surface area contributed by atoms with Crippen molar-refractivity contribution in [2.75, 3.05) is 5.32 Å². The fourth-order valence-electron chi connectivity index (χ4n) is 2.57. The van der Waals surface area contributed by atoms with Crippen LogP contribution in [0.5, 0.6) is 11.5 Å². The zero-order valence-electron chi connectivity index (χ0n) is 14.2. The van der Waals surface area contributed by atoms with Crippen LogP contribution in [0, 0.1) is 11.6 Å². The highest BCUT2D eigenvalue weighted by molar-refractivity contribution is 5.85. The molecule has 6 heteroatoms. The molecule has 0 aliphatic carbocycles. The number of rotatable bonds is 6. The molecule has 26 heavy (non-hydrogen) atoms. The summed E-state index contributed by atoms with van der Waals surface area (Å²) in [6.45, 7) is 1.93. The summed E-state index contributed by atoms with van der Waals surface area (Å²) in [4.78, 5) is 3.96. The van der Waals surface area contributed by atoms with Crippen molar-refractivity contribution in [2.45, 2.75) is 19.4 Å². The third kappa shape index (κ3) is 4.49. The van der Waals surface area contributed by atoms with E-state index in [1.807, 2.05) is 13.0 Å². The molecule has 3 nitrogen and oxygen atoms in total. The largest absolute Gasteiger partial charge is 0.451 e. The summed E-state index contributed by atoms with van der Waals surface area (Å²) in [5.74, 6) is -1.44. The second kappa shape index (κ2) is 9.15. The van der Waals surface area contributed by atoms with Crippen LogP contribution in [0.15, 0.2) is 67.0 Å². The van der Waals surface area contributed by atoms with E-state index in [0.717, 1.165) is 5.69 Å². The minimum absolute atomic E-state index is 0. The fourth-order valence-corrected chi connectivity index (χ4v) is 2.57. The number of halogens is 3. The summed E-state index contributed by atoms with van der Waals surface area (Å²) in [6, 6.07) is 14.6. The summed E-state index contributed by atoms with van der Waals surface area (Å²) < 4.78 is 34.5. The van der Waals surface area contributed by atoms with Gasteiger partial charge in [-0.2, -0.15) is 0 Å². The summed E-state index contributed by atoms with van der Waals surface area (Å²) >= 11 is 0. The van der Waals surface area contributed by atoms with Crippen LogP contribution in [0.1, 0.15) is 24.9 Å². The predicted octanol–water partition coefficient (Wildman–Crippen LogP) is 6.14. The number of ether oxygens (including phenoxy) is 1. The minimum atomic E-state index is -0.733. The number of aromatic nitrogens is 1. The van der Waals surface area contributed by atoms with Gasteiger partial charge < -0.3 is 10.1 Å². The van der Waals surface area contributed by atoms with Gasteiger partial charge in [-0.15, -0.1) is 12.4 Å². The maximum atomic E-state index is 14.9. The lowest BCUT2D eigenvalue weighted by Gasteiger charge is -2.20. The van der Waals surface area contributed by atoms with Gasteiger partial charge in [-0.05, 0) is 36.8 Å². The first kappa shape index (κ1) is 19.7. The second-order valence-corrected chi connectivity index (χ2v) is 5.54. The molecule has 3 aromatic rings. The van der Waals surface area contributed by atoms with Crippen molar-refractivity contribution in [1.29, 1.82) is 0 Å². The van der Waals surface area contributed by atoms with Crippen LogP contribution in [-0.4, -0.2) is 4.98 Å². The Kier molecular flexibility index (Phi) is 6.92. The van der Waals surface area contributed by atoms with E-state index >= 15 is 0 Å². The number of hydrogen-bond donors (Lipinski definition) is 1. The van der Waals surface area contributed by atoms with E-state index in [1.54, 1.807) is 48.8 Å². The van der Waals surface area contributed by atoms with Crippen LogP contribution in [0.4, 0.5) is 14.5 Å². The van der Waals surface area contributed by atoms with Crippen molar-refractivity contribution in [3.63, 3.8) is 0 Å². The molecule has 0 saturated carbocycles. The van der Waals surface area contributed by atoms with Crippen LogP contribution in [0.3, 0.4) is 0 Å². The van der Waals surface area contributed by atoms with Gasteiger partial charge in [0.05, 0.1) is 6.04 Å². The lowest BCUT2D eigenvalue weighted by molar-refractivity contribution is 0.402. The van der Waals surface area contributed by atoms with Gasteiger partial charge >= 0.3 is 0 Å². The van der Waals surface area contributed by atoms with Crippen LogP contribution < -0.4 is 10.1 Å². The van der Waals surface area contributed by atoms with Gasteiger partial charge in [0.2, 0.25) is 0 Å². The van der Waals surface area contributed by atoms with E-state index in [4.69, 9.17) is 4.74 Å². The average molecular weight is 377 g/mol. The van der Waals surface area contributed by atoms with Gasteiger partial charge in [-0.3, -0.25) is 4.98 Å². The summed E-state index contributed by atoms with van der Waals surface area (Å²) in [5, 5.41) is 3.24. The number of benzene rings is 2. The van der Waals surface area contributed by atoms with E-state index in [2.05, 4.69) is 10.3 Å². The molecule has 0 amide bonds. The zero-order chi connectivity index (χ0) is 17.6. The molecular formula is C20H19ClF2N2O. The van der Waals surface area contributed by atoms with Crippen molar-refractivity contribution in [2.24, 2.45) is 0 Å². The predicted molar refractivity (Wildman–Crippen MR) is 101 cm³/mol. The second-order valence-electron chi connectivity index (χ2n) is 5.54. The Morgan fingerprint density at radius 3 is 2.35 bits per heavy atom. The van der Waals surface area contributed by atoms with Gasteiger partial charge in [0.15, 0.2) is 17.4 Å². The van der Waals surface area contributed by atoms with E-state index in [9.17, 15) is 8.78 Å². The van der Waals surface area contributed by atoms with Crippen LogP contribution in [0.2, 0.25) is 0 Å². The number of nitrogens with zero attached hydrogens (tertiary/aromatic N) is 1. The number of para-hydroxylation sites is 1. The molecule has 1 heterocycles. The molecule has 3 rings (SSSR count). The molecule has 0 fully saturated rings. The number of nitrogens with one attached hydrogen (secondary N) is 1. The van der Waals surface area contributed by atoms with Crippen molar-refractivity contribution in [3.8, 4) is 11.5 Å². The van der Waals surface area contributed by atoms with Crippen LogP contribution in [-0.2, 0) is 0 Å². The first-order valence-electron chi connectivity index (χ1n) is 8.06. The molecular weight excluding hydrogens is 358 g/mol. The molecule has 1 N–H and O–H groups in total. The van der Waals surface area contributed by atoms with Gasteiger partial charge in [-0.1, -0.05) is 31.2 Å². The number of pyridine rings is 1. The Balaban J connectivity index is 0.00000243.